The topological polar surface area (TPSA) is 6.48 Å². The number of nitrogens with zero attached hydrogens (tertiary/aromatic N) is 2. The van der Waals surface area contributed by atoms with E-state index in [2.05, 4.69) is 47.2 Å². The van der Waals surface area contributed by atoms with Crippen LogP contribution in [0.2, 0.25) is 0 Å². The summed E-state index contributed by atoms with van der Waals surface area (Å²) in [6.45, 7) is 4.92. The molecular formula is C13H20N2. The van der Waals surface area contributed by atoms with E-state index >= 15 is 0 Å². The third kappa shape index (κ3) is 2.96. The Morgan fingerprint density at radius 1 is 1.13 bits per heavy atom. The maximum absolute atomic E-state index is 2.56. The standard InChI is InChI=1S/C13H20N2/c1-14(13-7-3-2-4-8-13)11-12-15-9-5-6-10-15/h2-4,7-8H,5-6,9-12H2,1H3. The minimum atomic E-state index is 1.13. The van der Waals surface area contributed by atoms with E-state index in [0.717, 1.165) is 6.54 Å². The summed E-state index contributed by atoms with van der Waals surface area (Å²) in [7, 11) is 2.17. The van der Waals surface area contributed by atoms with Gasteiger partial charge in [-0.05, 0) is 38.1 Å². The molecule has 1 aromatic carbocycles. The molecule has 1 fully saturated rings. The number of hydrogen-bond acceptors (Lipinski definition) is 2. The van der Waals surface area contributed by atoms with Gasteiger partial charge in [0.1, 0.15) is 0 Å². The fourth-order valence-corrected chi connectivity index (χ4v) is 2.11. The Hall–Kier alpha value is -1.02. The zero-order valence-corrected chi connectivity index (χ0v) is 9.52. The predicted octanol–water partition coefficient (Wildman–Crippen LogP) is 2.22. The van der Waals surface area contributed by atoms with Gasteiger partial charge in [0.15, 0.2) is 0 Å². The Morgan fingerprint density at radius 2 is 1.80 bits per heavy atom. The first-order chi connectivity index (χ1) is 7.36. The van der Waals surface area contributed by atoms with Crippen molar-refractivity contribution in [2.75, 3.05) is 38.1 Å². The number of likely N-dealkylation sites (N-methyl/N-ethyl adjacent to an activating group) is 1. The third-order valence-electron chi connectivity index (χ3n) is 3.15. The highest BCUT2D eigenvalue weighted by molar-refractivity contribution is 5.44. The Morgan fingerprint density at radius 3 is 2.47 bits per heavy atom. The van der Waals surface area contributed by atoms with Crippen molar-refractivity contribution in [1.29, 1.82) is 0 Å². The van der Waals surface area contributed by atoms with Gasteiger partial charge in [-0.1, -0.05) is 18.2 Å². The highest BCUT2D eigenvalue weighted by Crippen LogP contribution is 2.12. The monoisotopic (exact) mass is 204 g/mol. The van der Waals surface area contributed by atoms with Gasteiger partial charge in [0, 0.05) is 25.8 Å². The van der Waals surface area contributed by atoms with Crippen LogP contribution in [-0.4, -0.2) is 38.1 Å². The average Bonchev–Trinajstić information content (AvgIpc) is 2.80. The maximum atomic E-state index is 2.56. The lowest BCUT2D eigenvalue weighted by atomic mass is 10.3. The lowest BCUT2D eigenvalue weighted by Crippen LogP contribution is -2.31. The molecule has 0 atom stereocenters. The van der Waals surface area contributed by atoms with Crippen molar-refractivity contribution in [2.45, 2.75) is 12.8 Å². The minimum Gasteiger partial charge on any atom is -0.373 e. The first kappa shape index (κ1) is 10.5. The SMILES string of the molecule is CN(CCN1CCCC1)c1ccccc1. The van der Waals surface area contributed by atoms with E-state index in [-0.39, 0.29) is 0 Å². The van der Waals surface area contributed by atoms with Crippen LogP contribution in [0, 0.1) is 0 Å². The van der Waals surface area contributed by atoms with E-state index in [1.165, 1.54) is 38.2 Å². The van der Waals surface area contributed by atoms with Crippen molar-refractivity contribution in [2.24, 2.45) is 0 Å². The van der Waals surface area contributed by atoms with E-state index in [1.807, 2.05) is 0 Å². The summed E-state index contributed by atoms with van der Waals surface area (Å²) in [5.41, 5.74) is 1.32. The summed E-state index contributed by atoms with van der Waals surface area (Å²) in [4.78, 5) is 4.89. The quantitative estimate of drug-likeness (QED) is 0.742. The number of rotatable bonds is 4. The van der Waals surface area contributed by atoms with Crippen LogP contribution in [0.4, 0.5) is 5.69 Å². The van der Waals surface area contributed by atoms with Crippen LogP contribution in [-0.2, 0) is 0 Å². The first-order valence-corrected chi connectivity index (χ1v) is 5.85. The van der Waals surface area contributed by atoms with E-state index in [4.69, 9.17) is 0 Å². The molecule has 15 heavy (non-hydrogen) atoms. The zero-order chi connectivity index (χ0) is 10.5. The lowest BCUT2D eigenvalue weighted by Gasteiger charge is -2.23. The molecule has 0 bridgehead atoms. The van der Waals surface area contributed by atoms with Crippen LogP contribution in [0.5, 0.6) is 0 Å². The van der Waals surface area contributed by atoms with Crippen LogP contribution in [0.25, 0.3) is 0 Å². The molecule has 0 radical (unpaired) electrons. The largest absolute Gasteiger partial charge is 0.373 e. The van der Waals surface area contributed by atoms with Gasteiger partial charge >= 0.3 is 0 Å². The smallest absolute Gasteiger partial charge is 0.0364 e. The fraction of sp³-hybridized carbons (Fsp3) is 0.538. The molecule has 1 saturated heterocycles. The average molecular weight is 204 g/mol. The molecule has 0 spiro atoms. The molecule has 0 aliphatic carbocycles. The minimum absolute atomic E-state index is 1.13. The van der Waals surface area contributed by atoms with Gasteiger partial charge in [-0.25, -0.2) is 0 Å². The van der Waals surface area contributed by atoms with Crippen LogP contribution in [0.15, 0.2) is 30.3 Å². The fourth-order valence-electron chi connectivity index (χ4n) is 2.11. The van der Waals surface area contributed by atoms with Gasteiger partial charge in [0.25, 0.3) is 0 Å². The summed E-state index contributed by atoms with van der Waals surface area (Å²) in [5.74, 6) is 0. The van der Waals surface area contributed by atoms with Crippen molar-refractivity contribution in [3.8, 4) is 0 Å². The van der Waals surface area contributed by atoms with Gasteiger partial charge < -0.3 is 9.80 Å². The van der Waals surface area contributed by atoms with E-state index in [0.29, 0.717) is 0 Å². The van der Waals surface area contributed by atoms with Crippen LogP contribution in [0.1, 0.15) is 12.8 Å². The van der Waals surface area contributed by atoms with Gasteiger partial charge in [-0.2, -0.15) is 0 Å². The van der Waals surface area contributed by atoms with Gasteiger partial charge in [0.2, 0.25) is 0 Å². The number of anilines is 1. The van der Waals surface area contributed by atoms with Crippen molar-refractivity contribution in [3.63, 3.8) is 0 Å². The van der Waals surface area contributed by atoms with Crippen molar-refractivity contribution < 1.29 is 0 Å². The molecule has 0 amide bonds. The number of para-hydroxylation sites is 1. The van der Waals surface area contributed by atoms with Gasteiger partial charge in [0.05, 0.1) is 0 Å². The Labute approximate surface area is 92.5 Å². The highest BCUT2D eigenvalue weighted by Gasteiger charge is 2.11. The van der Waals surface area contributed by atoms with Gasteiger partial charge in [-0.15, -0.1) is 0 Å². The molecule has 2 heteroatoms. The van der Waals surface area contributed by atoms with Crippen molar-refractivity contribution in [1.82, 2.24) is 4.90 Å². The van der Waals surface area contributed by atoms with Crippen molar-refractivity contribution >= 4 is 5.69 Å². The molecule has 1 aromatic rings. The van der Waals surface area contributed by atoms with Crippen molar-refractivity contribution in [3.05, 3.63) is 30.3 Å². The second-order valence-electron chi connectivity index (χ2n) is 4.31. The zero-order valence-electron chi connectivity index (χ0n) is 9.52. The molecule has 0 N–H and O–H groups in total. The normalized spacial score (nSPS) is 16.9. The Bertz CT molecular complexity index is 278. The van der Waals surface area contributed by atoms with Crippen LogP contribution in [0.3, 0.4) is 0 Å². The van der Waals surface area contributed by atoms with E-state index in [1.54, 1.807) is 0 Å². The van der Waals surface area contributed by atoms with Crippen LogP contribution >= 0.6 is 0 Å². The predicted molar refractivity (Wildman–Crippen MR) is 65.4 cm³/mol. The number of likely N-dealkylation sites (tertiary alicyclic amines) is 1. The summed E-state index contributed by atoms with van der Waals surface area (Å²) >= 11 is 0. The molecule has 82 valence electrons. The molecule has 0 aromatic heterocycles. The third-order valence-corrected chi connectivity index (χ3v) is 3.15. The second-order valence-corrected chi connectivity index (χ2v) is 4.31. The molecular weight excluding hydrogens is 184 g/mol. The lowest BCUT2D eigenvalue weighted by molar-refractivity contribution is 0.346. The summed E-state index contributed by atoms with van der Waals surface area (Å²) in [5, 5.41) is 0. The molecule has 2 rings (SSSR count). The van der Waals surface area contributed by atoms with E-state index in [9.17, 15) is 0 Å². The molecule has 0 saturated carbocycles. The summed E-state index contributed by atoms with van der Waals surface area (Å²) in [6, 6.07) is 10.6. The Balaban J connectivity index is 1.79. The number of hydrogen-bond donors (Lipinski definition) is 0. The molecule has 2 nitrogen and oxygen atoms in total. The molecule has 1 heterocycles. The van der Waals surface area contributed by atoms with Gasteiger partial charge in [-0.3, -0.25) is 0 Å². The second kappa shape index (κ2) is 5.17. The van der Waals surface area contributed by atoms with Crippen LogP contribution < -0.4 is 4.90 Å². The first-order valence-electron chi connectivity index (χ1n) is 5.85. The maximum Gasteiger partial charge on any atom is 0.0364 e. The Kier molecular flexibility index (Phi) is 3.62. The van der Waals surface area contributed by atoms with E-state index < -0.39 is 0 Å². The molecule has 1 aliphatic heterocycles. The summed E-state index contributed by atoms with van der Waals surface area (Å²) < 4.78 is 0. The molecule has 1 aliphatic rings. The summed E-state index contributed by atoms with van der Waals surface area (Å²) in [6.07, 6.45) is 2.77. The highest BCUT2D eigenvalue weighted by atomic mass is 15.2. The number of benzene rings is 1. The molecule has 0 unspecified atom stereocenters.